The number of fused-ring (bicyclic) bond motifs is 1. The van der Waals surface area contributed by atoms with Crippen LogP contribution in [0.5, 0.6) is 0 Å². The number of amides is 1. The lowest BCUT2D eigenvalue weighted by atomic mass is 9.93. The lowest BCUT2D eigenvalue weighted by molar-refractivity contribution is 0.0858. The average Bonchev–Trinajstić information content (AvgIpc) is 3.23. The van der Waals surface area contributed by atoms with Gasteiger partial charge >= 0.3 is 0 Å². The molecular weight excluding hydrogens is 513 g/mol. The Labute approximate surface area is 241 Å². The molecule has 5 rings (SSSR count). The molecule has 210 valence electrons. The zero-order chi connectivity index (χ0) is 29.1. The van der Waals surface area contributed by atoms with Crippen LogP contribution in [0.25, 0.3) is 11.1 Å². The highest BCUT2D eigenvalue weighted by molar-refractivity contribution is 5.95. The van der Waals surface area contributed by atoms with Crippen LogP contribution in [0.3, 0.4) is 0 Å². The number of benzene rings is 4. The van der Waals surface area contributed by atoms with Gasteiger partial charge in [0.2, 0.25) is 0 Å². The van der Waals surface area contributed by atoms with Crippen molar-refractivity contribution in [1.29, 1.82) is 0 Å². The third-order valence-electron chi connectivity index (χ3n) is 7.68. The topological polar surface area (TPSA) is 73.7 Å². The van der Waals surface area contributed by atoms with Crippen molar-refractivity contribution in [2.24, 2.45) is 4.99 Å². The minimum atomic E-state index is -0.702. The van der Waals surface area contributed by atoms with Crippen LogP contribution >= 0.6 is 0 Å². The van der Waals surface area contributed by atoms with Gasteiger partial charge in [-0.25, -0.2) is 4.39 Å². The molecule has 0 heterocycles. The predicted molar refractivity (Wildman–Crippen MR) is 164 cm³/mol. The quantitative estimate of drug-likeness (QED) is 0.174. The molecule has 1 aliphatic rings. The molecule has 1 aliphatic carbocycles. The maximum Gasteiger partial charge on any atom is 0.251 e. The fraction of sp³-hybridized carbons (Fsp3) is 0.257. The largest absolute Gasteiger partial charge is 0.390 e. The van der Waals surface area contributed by atoms with Gasteiger partial charge in [0.1, 0.15) is 5.82 Å². The fourth-order valence-corrected chi connectivity index (χ4v) is 5.77. The van der Waals surface area contributed by atoms with E-state index in [0.717, 1.165) is 40.2 Å². The van der Waals surface area contributed by atoms with Crippen LogP contribution < -0.4 is 10.6 Å². The number of rotatable bonds is 7. The van der Waals surface area contributed by atoms with E-state index in [1.165, 1.54) is 34.4 Å². The molecule has 4 aromatic rings. The first-order valence-corrected chi connectivity index (χ1v) is 14.0. The molecule has 0 saturated carbocycles. The number of hydrogen-bond donors (Lipinski definition) is 3. The molecule has 0 radical (unpaired) electrons. The Hall–Kier alpha value is -4.29. The molecule has 0 aliphatic heterocycles. The first-order valence-electron chi connectivity index (χ1n) is 14.0. The third kappa shape index (κ3) is 6.55. The van der Waals surface area contributed by atoms with E-state index in [1.807, 2.05) is 49.4 Å². The van der Waals surface area contributed by atoms with E-state index in [2.05, 4.69) is 48.5 Å². The number of hydrogen-bond acceptors (Lipinski definition) is 3. The molecule has 5 nitrogen and oxygen atoms in total. The summed E-state index contributed by atoms with van der Waals surface area (Å²) in [6.45, 7) is 8.79. The molecule has 6 heteroatoms. The summed E-state index contributed by atoms with van der Waals surface area (Å²) in [7, 11) is 0. The van der Waals surface area contributed by atoms with Gasteiger partial charge in [-0.05, 0) is 109 Å². The van der Waals surface area contributed by atoms with E-state index in [-0.39, 0.29) is 11.7 Å². The predicted octanol–water partition coefficient (Wildman–Crippen LogP) is 6.88. The summed E-state index contributed by atoms with van der Waals surface area (Å²) in [5, 5.41) is 17.2. The fourth-order valence-electron chi connectivity index (χ4n) is 5.77. The molecule has 4 aromatic carbocycles. The van der Waals surface area contributed by atoms with Gasteiger partial charge in [0.15, 0.2) is 0 Å². The van der Waals surface area contributed by atoms with Crippen molar-refractivity contribution in [2.45, 2.75) is 52.7 Å². The van der Waals surface area contributed by atoms with Crippen molar-refractivity contribution in [1.82, 2.24) is 5.32 Å². The number of aryl methyl sites for hydroxylation is 3. The summed E-state index contributed by atoms with van der Waals surface area (Å²) in [6, 6.07) is 23.9. The average molecular weight is 550 g/mol. The molecule has 0 aromatic heterocycles. The summed E-state index contributed by atoms with van der Waals surface area (Å²) in [5.41, 5.74) is 10.3. The van der Waals surface area contributed by atoms with Gasteiger partial charge in [0.05, 0.1) is 18.0 Å². The van der Waals surface area contributed by atoms with Crippen LogP contribution in [-0.2, 0) is 12.8 Å². The second-order valence-electron chi connectivity index (χ2n) is 11.0. The molecule has 41 heavy (non-hydrogen) atoms. The number of aliphatic hydroxyl groups is 1. The number of aliphatic imine (C=N–C) groups is 1. The van der Waals surface area contributed by atoms with E-state index in [1.54, 1.807) is 12.1 Å². The maximum atomic E-state index is 13.2. The summed E-state index contributed by atoms with van der Waals surface area (Å²) in [6.07, 6.45) is 0.498. The van der Waals surface area contributed by atoms with E-state index in [0.29, 0.717) is 18.5 Å². The molecule has 2 atom stereocenters. The second-order valence-corrected chi connectivity index (χ2v) is 11.0. The zero-order valence-electron chi connectivity index (χ0n) is 24.0. The number of nitrogens with zero attached hydrogens (tertiary/aromatic N) is 1. The van der Waals surface area contributed by atoms with Gasteiger partial charge in [-0.2, -0.15) is 0 Å². The Kier molecular flexibility index (Phi) is 8.31. The first kappa shape index (κ1) is 28.2. The minimum Gasteiger partial charge on any atom is -0.390 e. The lowest BCUT2D eigenvalue weighted by Gasteiger charge is -2.19. The van der Waals surface area contributed by atoms with Crippen molar-refractivity contribution < 1.29 is 14.3 Å². The van der Waals surface area contributed by atoms with E-state index in [9.17, 15) is 14.3 Å². The van der Waals surface area contributed by atoms with Gasteiger partial charge in [0.25, 0.3) is 5.91 Å². The van der Waals surface area contributed by atoms with E-state index < -0.39 is 12.1 Å². The monoisotopic (exact) mass is 549 g/mol. The van der Waals surface area contributed by atoms with Crippen LogP contribution in [0.15, 0.2) is 83.9 Å². The molecule has 0 saturated heterocycles. The number of amidine groups is 1. The Morgan fingerprint density at radius 1 is 0.951 bits per heavy atom. The second kappa shape index (κ2) is 12.1. The molecule has 0 spiro atoms. The van der Waals surface area contributed by atoms with Crippen LogP contribution in [0.2, 0.25) is 0 Å². The van der Waals surface area contributed by atoms with Crippen molar-refractivity contribution in [2.75, 3.05) is 11.9 Å². The minimum absolute atomic E-state index is 0.220. The molecule has 3 N–H and O–H groups in total. The Bertz CT molecular complexity index is 1570. The van der Waals surface area contributed by atoms with E-state index in [4.69, 9.17) is 0 Å². The summed E-state index contributed by atoms with van der Waals surface area (Å²) in [4.78, 5) is 17.8. The zero-order valence-corrected chi connectivity index (χ0v) is 24.0. The lowest BCUT2D eigenvalue weighted by Crippen LogP contribution is -2.33. The normalized spacial score (nSPS) is 16.4. The van der Waals surface area contributed by atoms with Crippen molar-refractivity contribution in [3.05, 3.63) is 124 Å². The van der Waals surface area contributed by atoms with Gasteiger partial charge < -0.3 is 15.7 Å². The number of nitrogens with one attached hydrogen (secondary N) is 2. The van der Waals surface area contributed by atoms with Gasteiger partial charge in [-0.3, -0.25) is 9.79 Å². The van der Waals surface area contributed by atoms with Crippen molar-refractivity contribution >= 4 is 17.4 Å². The highest BCUT2D eigenvalue weighted by Gasteiger charge is 2.32. The Balaban J connectivity index is 1.25. The highest BCUT2D eigenvalue weighted by atomic mass is 19.1. The van der Waals surface area contributed by atoms with Crippen LogP contribution in [-0.4, -0.2) is 29.5 Å². The van der Waals surface area contributed by atoms with Crippen molar-refractivity contribution in [3.63, 3.8) is 0 Å². The first-order chi connectivity index (χ1) is 19.7. The molecule has 0 unspecified atom stereocenters. The molecular formula is C35H36FN3O2. The number of aliphatic hydroxyl groups excluding tert-OH is 1. The van der Waals surface area contributed by atoms with Crippen molar-refractivity contribution in [3.8, 4) is 11.1 Å². The third-order valence-corrected chi connectivity index (χ3v) is 7.68. The van der Waals surface area contributed by atoms with Gasteiger partial charge in [-0.15, -0.1) is 0 Å². The summed E-state index contributed by atoms with van der Waals surface area (Å²) >= 11 is 0. The number of anilines is 1. The highest BCUT2D eigenvalue weighted by Crippen LogP contribution is 2.34. The van der Waals surface area contributed by atoms with Gasteiger partial charge in [-0.1, -0.05) is 48.0 Å². The smallest absolute Gasteiger partial charge is 0.251 e. The van der Waals surface area contributed by atoms with E-state index >= 15 is 0 Å². The number of halogens is 1. The SMILES string of the molecule is CC(=NCCc1ccc(F)cc1)Nc1ccc2c(c1)[C@@H](NC(=O)c1ccc(-c3c(C)cc(C)cc3C)cc1)[C@H](O)C2. The van der Waals surface area contributed by atoms with Gasteiger partial charge in [0, 0.05) is 24.2 Å². The standard InChI is InChI=1S/C35H36FN3O2/c1-21-17-22(2)33(23(3)18-21)26-7-9-27(10-8-26)35(41)39-34-31-20-30(14-11-28(31)19-32(34)40)38-24(4)37-16-15-25-5-12-29(36)13-6-25/h5-14,17-18,20,32,34,40H,15-16,19H2,1-4H3,(H,37,38)(H,39,41)/t32-,34-/m1/s1. The molecule has 0 bridgehead atoms. The van der Waals surface area contributed by atoms with Crippen LogP contribution in [0, 0.1) is 26.6 Å². The van der Waals surface area contributed by atoms with Crippen LogP contribution in [0.1, 0.15) is 56.7 Å². The maximum absolute atomic E-state index is 13.2. The molecule has 0 fully saturated rings. The summed E-state index contributed by atoms with van der Waals surface area (Å²) in [5.74, 6) is 0.292. The van der Waals surface area contributed by atoms with Crippen LogP contribution in [0.4, 0.5) is 10.1 Å². The number of carbonyl (C=O) groups is 1. The number of carbonyl (C=O) groups excluding carboxylic acids is 1. The summed E-state index contributed by atoms with van der Waals surface area (Å²) < 4.78 is 13.1. The molecule has 1 amide bonds. The Morgan fingerprint density at radius 3 is 2.32 bits per heavy atom. The Morgan fingerprint density at radius 2 is 1.63 bits per heavy atom.